The van der Waals surface area contributed by atoms with Crippen molar-refractivity contribution in [3.05, 3.63) is 56.1 Å². The molecule has 2 rings (SSSR count). The molecule has 0 fully saturated rings. The molecular weight excluding hydrogens is 425 g/mol. The maximum Gasteiger partial charge on any atom is 0.256 e. The molecule has 1 amide bonds. The van der Waals surface area contributed by atoms with E-state index in [0.29, 0.717) is 22.0 Å². The molecule has 0 unspecified atom stereocenters. The number of benzene rings is 2. The number of halogens is 2. The zero-order chi connectivity index (χ0) is 17.2. The maximum absolute atomic E-state index is 12.6. The Kier molecular flexibility index (Phi) is 5.57. The molecule has 23 heavy (non-hydrogen) atoms. The molecule has 0 aromatic heterocycles. The molecule has 0 atom stereocenters. The standard InChI is InChI=1S/C18H19ClINO2/c1-18(2,3)11-5-8-16(23-4)15(9-11)21-17(22)13-7-6-12(19)10-14(13)20/h5-10H,1-4H3,(H,21,22). The van der Waals surface area contributed by atoms with Gasteiger partial charge in [0, 0.05) is 8.59 Å². The van der Waals surface area contributed by atoms with Crippen LogP contribution in [0.2, 0.25) is 5.02 Å². The summed E-state index contributed by atoms with van der Waals surface area (Å²) in [6, 6.07) is 11.0. The summed E-state index contributed by atoms with van der Waals surface area (Å²) in [7, 11) is 1.59. The van der Waals surface area contributed by atoms with Gasteiger partial charge in [0.05, 0.1) is 18.4 Å². The van der Waals surface area contributed by atoms with E-state index in [1.54, 1.807) is 25.3 Å². The smallest absolute Gasteiger partial charge is 0.256 e. The zero-order valence-electron chi connectivity index (χ0n) is 13.5. The fourth-order valence-corrected chi connectivity index (χ4v) is 3.25. The first kappa shape index (κ1) is 18.1. The molecule has 3 nitrogen and oxygen atoms in total. The van der Waals surface area contributed by atoms with Gasteiger partial charge in [-0.3, -0.25) is 4.79 Å². The summed E-state index contributed by atoms with van der Waals surface area (Å²) in [6.07, 6.45) is 0. The van der Waals surface area contributed by atoms with Crippen LogP contribution in [0.4, 0.5) is 5.69 Å². The molecule has 1 N–H and O–H groups in total. The largest absolute Gasteiger partial charge is 0.495 e. The number of carbonyl (C=O) groups is 1. The van der Waals surface area contributed by atoms with Crippen LogP contribution >= 0.6 is 34.2 Å². The van der Waals surface area contributed by atoms with Gasteiger partial charge in [-0.1, -0.05) is 38.4 Å². The van der Waals surface area contributed by atoms with Gasteiger partial charge < -0.3 is 10.1 Å². The summed E-state index contributed by atoms with van der Waals surface area (Å²) in [6.45, 7) is 6.38. The van der Waals surface area contributed by atoms with Crippen LogP contribution in [0.5, 0.6) is 5.75 Å². The number of hydrogen-bond acceptors (Lipinski definition) is 2. The van der Waals surface area contributed by atoms with E-state index in [2.05, 4.69) is 48.7 Å². The van der Waals surface area contributed by atoms with Gasteiger partial charge in [-0.05, 0) is 63.9 Å². The first-order chi connectivity index (χ1) is 10.7. The second kappa shape index (κ2) is 7.09. The van der Waals surface area contributed by atoms with Crippen molar-refractivity contribution < 1.29 is 9.53 Å². The van der Waals surface area contributed by atoms with Crippen LogP contribution in [0.25, 0.3) is 0 Å². The lowest BCUT2D eigenvalue weighted by Gasteiger charge is -2.21. The van der Waals surface area contributed by atoms with E-state index in [9.17, 15) is 4.79 Å². The molecule has 0 saturated heterocycles. The SMILES string of the molecule is COc1ccc(C(C)(C)C)cc1NC(=O)c1ccc(Cl)cc1I. The van der Waals surface area contributed by atoms with E-state index in [-0.39, 0.29) is 11.3 Å². The molecule has 0 bridgehead atoms. The molecule has 5 heteroatoms. The van der Waals surface area contributed by atoms with Gasteiger partial charge in [-0.2, -0.15) is 0 Å². The summed E-state index contributed by atoms with van der Waals surface area (Å²) in [4.78, 5) is 12.6. The number of nitrogens with one attached hydrogen (secondary N) is 1. The number of rotatable bonds is 3. The van der Waals surface area contributed by atoms with Crippen LogP contribution < -0.4 is 10.1 Å². The Morgan fingerprint density at radius 3 is 2.43 bits per heavy atom. The van der Waals surface area contributed by atoms with Crippen molar-refractivity contribution in [2.75, 3.05) is 12.4 Å². The molecule has 0 aliphatic rings. The van der Waals surface area contributed by atoms with Crippen molar-refractivity contribution >= 4 is 45.8 Å². The fourth-order valence-electron chi connectivity index (χ4n) is 2.14. The van der Waals surface area contributed by atoms with Gasteiger partial charge in [0.2, 0.25) is 0 Å². The Bertz CT molecular complexity index is 738. The highest BCUT2D eigenvalue weighted by molar-refractivity contribution is 14.1. The van der Waals surface area contributed by atoms with Crippen LogP contribution in [0.1, 0.15) is 36.7 Å². The first-order valence-electron chi connectivity index (χ1n) is 7.17. The lowest BCUT2D eigenvalue weighted by molar-refractivity contribution is 0.102. The molecule has 0 saturated carbocycles. The lowest BCUT2D eigenvalue weighted by Crippen LogP contribution is -2.16. The number of amides is 1. The number of carbonyl (C=O) groups excluding carboxylic acids is 1. The van der Waals surface area contributed by atoms with Crippen LogP contribution in [-0.4, -0.2) is 13.0 Å². The van der Waals surface area contributed by atoms with Crippen molar-refractivity contribution in [1.29, 1.82) is 0 Å². The van der Waals surface area contributed by atoms with Crippen LogP contribution in [0, 0.1) is 3.57 Å². The number of methoxy groups -OCH3 is 1. The van der Waals surface area contributed by atoms with Crippen molar-refractivity contribution in [2.24, 2.45) is 0 Å². The zero-order valence-corrected chi connectivity index (χ0v) is 16.4. The average Bonchev–Trinajstić information content (AvgIpc) is 2.46. The molecule has 0 aliphatic carbocycles. The topological polar surface area (TPSA) is 38.3 Å². The highest BCUT2D eigenvalue weighted by Gasteiger charge is 2.18. The normalized spacial score (nSPS) is 11.2. The van der Waals surface area contributed by atoms with Gasteiger partial charge in [0.15, 0.2) is 0 Å². The monoisotopic (exact) mass is 443 g/mol. The van der Waals surface area contributed by atoms with E-state index in [0.717, 1.165) is 9.13 Å². The number of anilines is 1. The predicted octanol–water partition coefficient (Wildman–Crippen LogP) is 5.50. The minimum absolute atomic E-state index is 0.0134. The minimum Gasteiger partial charge on any atom is -0.495 e. The predicted molar refractivity (Wildman–Crippen MR) is 104 cm³/mol. The minimum atomic E-state index is -0.185. The Morgan fingerprint density at radius 1 is 1.17 bits per heavy atom. The van der Waals surface area contributed by atoms with Crippen molar-refractivity contribution in [3.8, 4) is 5.75 Å². The molecule has 0 heterocycles. The van der Waals surface area contributed by atoms with E-state index in [1.807, 2.05) is 18.2 Å². The quantitative estimate of drug-likeness (QED) is 0.636. The molecule has 122 valence electrons. The molecular formula is C18H19ClINO2. The highest BCUT2D eigenvalue weighted by atomic mass is 127. The lowest BCUT2D eigenvalue weighted by atomic mass is 9.87. The van der Waals surface area contributed by atoms with E-state index >= 15 is 0 Å². The molecule has 0 spiro atoms. The molecule has 2 aromatic carbocycles. The summed E-state index contributed by atoms with van der Waals surface area (Å²) in [5, 5.41) is 3.55. The van der Waals surface area contributed by atoms with Gasteiger partial charge in [0.1, 0.15) is 5.75 Å². The fraction of sp³-hybridized carbons (Fsp3) is 0.278. The van der Waals surface area contributed by atoms with Crippen molar-refractivity contribution in [2.45, 2.75) is 26.2 Å². The van der Waals surface area contributed by atoms with Gasteiger partial charge in [-0.15, -0.1) is 0 Å². The Labute approximate surface area is 155 Å². The Morgan fingerprint density at radius 2 is 1.87 bits per heavy atom. The second-order valence-electron chi connectivity index (χ2n) is 6.24. The van der Waals surface area contributed by atoms with Crippen LogP contribution in [-0.2, 0) is 5.41 Å². The molecule has 0 radical (unpaired) electrons. The highest BCUT2D eigenvalue weighted by Crippen LogP contribution is 2.32. The summed E-state index contributed by atoms with van der Waals surface area (Å²) < 4.78 is 6.17. The van der Waals surface area contributed by atoms with E-state index in [1.165, 1.54) is 0 Å². The summed E-state index contributed by atoms with van der Waals surface area (Å²) >= 11 is 8.05. The number of hydrogen-bond donors (Lipinski definition) is 1. The molecule has 2 aromatic rings. The third-order valence-corrected chi connectivity index (χ3v) is 4.62. The van der Waals surface area contributed by atoms with Gasteiger partial charge >= 0.3 is 0 Å². The third-order valence-electron chi connectivity index (χ3n) is 3.49. The Balaban J connectivity index is 2.36. The van der Waals surface area contributed by atoms with Crippen LogP contribution in [0.3, 0.4) is 0 Å². The summed E-state index contributed by atoms with van der Waals surface area (Å²) in [5.74, 6) is 0.450. The van der Waals surface area contributed by atoms with Crippen molar-refractivity contribution in [3.63, 3.8) is 0 Å². The van der Waals surface area contributed by atoms with E-state index in [4.69, 9.17) is 16.3 Å². The second-order valence-corrected chi connectivity index (χ2v) is 7.84. The summed E-state index contributed by atoms with van der Waals surface area (Å²) in [5.41, 5.74) is 2.36. The van der Waals surface area contributed by atoms with Crippen molar-refractivity contribution in [1.82, 2.24) is 0 Å². The average molecular weight is 444 g/mol. The Hall–Kier alpha value is -1.27. The maximum atomic E-state index is 12.6. The van der Waals surface area contributed by atoms with Gasteiger partial charge in [-0.25, -0.2) is 0 Å². The molecule has 0 aliphatic heterocycles. The third kappa shape index (κ3) is 4.38. The first-order valence-corrected chi connectivity index (χ1v) is 8.63. The van der Waals surface area contributed by atoms with Gasteiger partial charge in [0.25, 0.3) is 5.91 Å². The van der Waals surface area contributed by atoms with E-state index < -0.39 is 0 Å². The number of ether oxygens (including phenoxy) is 1. The van der Waals surface area contributed by atoms with Crippen LogP contribution in [0.15, 0.2) is 36.4 Å².